The van der Waals surface area contributed by atoms with Crippen molar-refractivity contribution >= 4 is 35.6 Å². The van der Waals surface area contributed by atoms with Crippen molar-refractivity contribution in [2.24, 2.45) is 34.0 Å². The molecule has 0 aliphatic rings. The summed E-state index contributed by atoms with van der Waals surface area (Å²) < 4.78 is 0. The van der Waals surface area contributed by atoms with Crippen LogP contribution in [0.25, 0.3) is 0 Å². The van der Waals surface area contributed by atoms with Crippen LogP contribution in [0.3, 0.4) is 0 Å². The van der Waals surface area contributed by atoms with E-state index in [-0.39, 0.29) is 49.9 Å². The van der Waals surface area contributed by atoms with Crippen LogP contribution in [0.4, 0.5) is 0 Å². The van der Waals surface area contributed by atoms with Gasteiger partial charge in [-0.3, -0.25) is 24.2 Å². The highest BCUT2D eigenvalue weighted by atomic mass is 16.4. The van der Waals surface area contributed by atoms with E-state index in [0.717, 1.165) is 0 Å². The highest BCUT2D eigenvalue weighted by molar-refractivity contribution is 5.95. The Bertz CT molecular complexity index is 1170. The normalized spacial score (nSPS) is 14.4. The maximum atomic E-state index is 13.6. The molecule has 13 N–H and O–H groups in total. The largest absolute Gasteiger partial charge is 0.508 e. The van der Waals surface area contributed by atoms with Gasteiger partial charge in [-0.25, -0.2) is 4.79 Å². The van der Waals surface area contributed by atoms with Gasteiger partial charge in [-0.1, -0.05) is 39.8 Å². The number of phenolic OH excluding ortho intramolecular Hbond substituents is 1. The van der Waals surface area contributed by atoms with Crippen molar-refractivity contribution in [1.82, 2.24) is 21.3 Å². The first-order chi connectivity index (χ1) is 21.0. The second-order valence-corrected chi connectivity index (χ2v) is 11.5. The molecule has 0 bridgehead atoms. The molecule has 0 unspecified atom stereocenters. The Hall–Kier alpha value is -4.44. The van der Waals surface area contributed by atoms with E-state index in [2.05, 4.69) is 26.3 Å². The standard InChI is InChI=1S/C29H48N8O8/c1-15(2)12-21(36-27(43)22(35-24(40)19(30)14-38)13-17-7-9-18(39)10-8-17)26(42)34-20(6-5-11-33-29(31)32)25(41)37-23(16(3)4)28(44)45/h7-10,15-16,19-23,38-39H,5-6,11-14,30H2,1-4H3,(H,34,42)(H,35,40)(H,36,43)(H,37,41)(H,44,45)(H4,31,32,33)/t19-,20-,21-,22-,23-/m0/s1. The monoisotopic (exact) mass is 636 g/mol. The van der Waals surface area contributed by atoms with Crippen LogP contribution in [0.5, 0.6) is 5.75 Å². The Kier molecular flexibility index (Phi) is 16.3. The van der Waals surface area contributed by atoms with Crippen molar-refractivity contribution in [2.45, 2.75) is 83.6 Å². The zero-order valence-corrected chi connectivity index (χ0v) is 26.2. The van der Waals surface area contributed by atoms with E-state index >= 15 is 0 Å². The zero-order valence-electron chi connectivity index (χ0n) is 26.2. The molecule has 0 aromatic heterocycles. The lowest BCUT2D eigenvalue weighted by atomic mass is 9.99. The minimum Gasteiger partial charge on any atom is -0.508 e. The number of carbonyl (C=O) groups excluding carboxylic acids is 4. The van der Waals surface area contributed by atoms with Gasteiger partial charge in [0, 0.05) is 13.0 Å². The minimum atomic E-state index is -1.30. The molecule has 45 heavy (non-hydrogen) atoms. The molecule has 16 heteroatoms. The number of guanidine groups is 1. The topological polar surface area (TPSA) is 285 Å². The fourth-order valence-corrected chi connectivity index (χ4v) is 4.23. The summed E-state index contributed by atoms with van der Waals surface area (Å²) in [4.78, 5) is 68.3. The second-order valence-electron chi connectivity index (χ2n) is 11.5. The van der Waals surface area contributed by atoms with Crippen molar-refractivity contribution in [3.63, 3.8) is 0 Å². The average molecular weight is 637 g/mol. The number of amides is 4. The Morgan fingerprint density at radius 2 is 1.36 bits per heavy atom. The van der Waals surface area contributed by atoms with Gasteiger partial charge in [-0.2, -0.15) is 0 Å². The molecule has 0 aliphatic carbocycles. The Morgan fingerprint density at radius 1 is 0.822 bits per heavy atom. The number of aliphatic hydroxyl groups excluding tert-OH is 1. The van der Waals surface area contributed by atoms with Crippen LogP contribution in [0.1, 0.15) is 52.5 Å². The molecule has 1 rings (SSSR count). The predicted octanol–water partition coefficient (Wildman–Crippen LogP) is -1.97. The molecule has 0 spiro atoms. The van der Waals surface area contributed by atoms with Gasteiger partial charge in [0.2, 0.25) is 23.6 Å². The summed E-state index contributed by atoms with van der Waals surface area (Å²) in [7, 11) is 0. The fraction of sp³-hybridized carbons (Fsp3) is 0.586. The highest BCUT2D eigenvalue weighted by Crippen LogP contribution is 2.13. The number of hydrogen-bond donors (Lipinski definition) is 10. The molecule has 252 valence electrons. The number of aliphatic hydroxyl groups is 1. The third-order valence-electron chi connectivity index (χ3n) is 6.69. The molecule has 16 nitrogen and oxygen atoms in total. The number of carboxylic acids is 1. The third kappa shape index (κ3) is 14.3. The van der Waals surface area contributed by atoms with Crippen molar-refractivity contribution in [1.29, 1.82) is 0 Å². The maximum Gasteiger partial charge on any atom is 0.326 e. The fourth-order valence-electron chi connectivity index (χ4n) is 4.23. The smallest absolute Gasteiger partial charge is 0.326 e. The van der Waals surface area contributed by atoms with E-state index in [1.807, 2.05) is 13.8 Å². The minimum absolute atomic E-state index is 0.000261. The number of aliphatic carboxylic acids is 1. The van der Waals surface area contributed by atoms with Crippen LogP contribution in [-0.2, 0) is 30.4 Å². The summed E-state index contributed by atoms with van der Waals surface area (Å²) in [6.45, 7) is 6.38. The Labute approximate surface area is 262 Å². The number of nitrogens with zero attached hydrogens (tertiary/aromatic N) is 1. The molecular weight excluding hydrogens is 588 g/mol. The number of aromatic hydroxyl groups is 1. The molecule has 0 aliphatic heterocycles. The van der Waals surface area contributed by atoms with Crippen LogP contribution in [0.15, 0.2) is 29.3 Å². The first-order valence-electron chi connectivity index (χ1n) is 14.7. The number of benzene rings is 1. The van der Waals surface area contributed by atoms with E-state index in [9.17, 15) is 39.3 Å². The number of rotatable bonds is 19. The van der Waals surface area contributed by atoms with Gasteiger partial charge in [0.25, 0.3) is 0 Å². The molecule has 0 saturated carbocycles. The molecule has 0 saturated heterocycles. The lowest BCUT2D eigenvalue weighted by Gasteiger charge is -2.27. The maximum absolute atomic E-state index is 13.6. The predicted molar refractivity (Wildman–Crippen MR) is 166 cm³/mol. The van der Waals surface area contributed by atoms with E-state index < -0.39 is 72.3 Å². The van der Waals surface area contributed by atoms with Crippen molar-refractivity contribution in [3.05, 3.63) is 29.8 Å². The lowest BCUT2D eigenvalue weighted by Crippen LogP contribution is -2.59. The zero-order chi connectivity index (χ0) is 34.3. The number of nitrogens with one attached hydrogen (secondary N) is 4. The molecule has 4 amide bonds. The Balaban J connectivity index is 3.26. The van der Waals surface area contributed by atoms with Crippen LogP contribution >= 0.6 is 0 Å². The highest BCUT2D eigenvalue weighted by Gasteiger charge is 2.32. The van der Waals surface area contributed by atoms with Gasteiger partial charge in [-0.05, 0) is 48.8 Å². The van der Waals surface area contributed by atoms with Crippen LogP contribution in [0, 0.1) is 11.8 Å². The number of carboxylic acid groups (broad SMARTS) is 1. The molecule has 0 radical (unpaired) electrons. The summed E-state index contributed by atoms with van der Waals surface area (Å²) in [6, 6.07) is -0.143. The van der Waals surface area contributed by atoms with Crippen LogP contribution in [-0.4, -0.2) is 94.2 Å². The molecular formula is C29H48N8O8. The first kappa shape index (κ1) is 38.6. The van der Waals surface area contributed by atoms with Gasteiger partial charge in [-0.15, -0.1) is 0 Å². The van der Waals surface area contributed by atoms with E-state index in [4.69, 9.17) is 17.2 Å². The molecule has 1 aromatic rings. The summed E-state index contributed by atoms with van der Waals surface area (Å²) in [5.41, 5.74) is 16.9. The van der Waals surface area contributed by atoms with Gasteiger partial charge < -0.3 is 53.8 Å². The molecule has 1 aromatic carbocycles. The second kappa shape index (κ2) is 19.1. The van der Waals surface area contributed by atoms with Gasteiger partial charge in [0.1, 0.15) is 36.0 Å². The van der Waals surface area contributed by atoms with E-state index in [0.29, 0.717) is 5.56 Å². The van der Waals surface area contributed by atoms with Crippen molar-refractivity contribution in [3.8, 4) is 5.75 Å². The van der Waals surface area contributed by atoms with E-state index in [1.165, 1.54) is 12.1 Å². The van der Waals surface area contributed by atoms with Gasteiger partial charge in [0.15, 0.2) is 5.96 Å². The van der Waals surface area contributed by atoms with Gasteiger partial charge in [0.05, 0.1) is 6.61 Å². The van der Waals surface area contributed by atoms with Crippen molar-refractivity contribution < 1.29 is 39.3 Å². The first-order valence-corrected chi connectivity index (χ1v) is 14.7. The van der Waals surface area contributed by atoms with Crippen LogP contribution < -0.4 is 38.5 Å². The summed E-state index contributed by atoms with van der Waals surface area (Å²) >= 11 is 0. The molecule has 5 atom stereocenters. The third-order valence-corrected chi connectivity index (χ3v) is 6.69. The molecule has 0 heterocycles. The Morgan fingerprint density at radius 3 is 1.87 bits per heavy atom. The number of hydrogen-bond acceptors (Lipinski definition) is 9. The van der Waals surface area contributed by atoms with E-state index in [1.54, 1.807) is 26.0 Å². The summed E-state index contributed by atoms with van der Waals surface area (Å²) in [5.74, 6) is -4.91. The average Bonchev–Trinajstić information content (AvgIpc) is 2.96. The van der Waals surface area contributed by atoms with Gasteiger partial charge >= 0.3 is 5.97 Å². The molecule has 0 fully saturated rings. The lowest BCUT2D eigenvalue weighted by molar-refractivity contribution is -0.143. The summed E-state index contributed by atoms with van der Waals surface area (Å²) in [5, 5.41) is 38.7. The SMILES string of the molecule is CC(C)C[C@H](NC(=O)[C@H](Cc1ccc(O)cc1)NC(=O)[C@@H](N)CO)C(=O)N[C@@H](CCCN=C(N)N)C(=O)N[C@H](C(=O)O)C(C)C. The van der Waals surface area contributed by atoms with Crippen LogP contribution in [0.2, 0.25) is 0 Å². The number of carbonyl (C=O) groups is 5. The number of phenols is 1. The number of nitrogens with two attached hydrogens (primary N) is 3. The van der Waals surface area contributed by atoms with Crippen molar-refractivity contribution in [2.75, 3.05) is 13.2 Å². The quantitative estimate of drug-likeness (QED) is 0.0451. The summed E-state index contributed by atoms with van der Waals surface area (Å²) in [6.07, 6.45) is 0.440. The number of aliphatic imine (C=N–C) groups is 1.